The Labute approximate surface area is 112 Å². The maximum atomic E-state index is 2.56. The molecule has 2 rings (SSSR count). The molecule has 0 aromatic heterocycles. The molecule has 2 nitrogen and oxygen atoms in total. The van der Waals surface area contributed by atoms with Crippen LogP contribution in [-0.2, 0) is 0 Å². The fourth-order valence-corrected chi connectivity index (χ4v) is 2.90. The molecule has 1 aliphatic heterocycles. The first-order chi connectivity index (χ1) is 8.66. The quantitative estimate of drug-likeness (QED) is 0.806. The molecule has 18 heavy (non-hydrogen) atoms. The molecule has 1 aromatic rings. The molecule has 0 radical (unpaired) electrons. The van der Waals surface area contributed by atoms with Crippen LogP contribution in [0.3, 0.4) is 0 Å². The van der Waals surface area contributed by atoms with E-state index in [0.29, 0.717) is 5.92 Å². The smallest absolute Gasteiger partial charge is 0.0117 e. The summed E-state index contributed by atoms with van der Waals surface area (Å²) in [5.74, 6) is 0.621. The Hall–Kier alpha value is -0.860. The first-order valence-electron chi connectivity index (χ1n) is 7.10. The molecule has 0 aliphatic carbocycles. The van der Waals surface area contributed by atoms with Crippen molar-refractivity contribution in [3.05, 3.63) is 35.9 Å². The molecule has 1 aliphatic rings. The highest BCUT2D eigenvalue weighted by Crippen LogP contribution is 2.20. The normalized spacial score (nSPS) is 20.2. The predicted octanol–water partition coefficient (Wildman–Crippen LogP) is 2.82. The minimum atomic E-state index is 0.621. The Balaban J connectivity index is 1.85. The number of hydrogen-bond donors (Lipinski definition) is 0. The van der Waals surface area contributed by atoms with Crippen molar-refractivity contribution in [1.29, 1.82) is 0 Å². The van der Waals surface area contributed by atoms with Gasteiger partial charge < -0.3 is 9.80 Å². The largest absolute Gasteiger partial charge is 0.306 e. The molecule has 1 heterocycles. The standard InChI is InChI=1S/C16H26N2/c1-14(15-7-5-4-6-8-15)13-18(3)16-9-11-17(2)12-10-16/h4-8,14,16H,9-13H2,1-3H3/t14-/m0/s1. The van der Waals surface area contributed by atoms with Crippen LogP contribution in [0.5, 0.6) is 0 Å². The van der Waals surface area contributed by atoms with Gasteiger partial charge in [-0.3, -0.25) is 0 Å². The Kier molecular flexibility index (Phi) is 4.79. The molecule has 1 atom stereocenters. The summed E-state index contributed by atoms with van der Waals surface area (Å²) in [4.78, 5) is 5.00. The summed E-state index contributed by atoms with van der Waals surface area (Å²) in [6.45, 7) is 5.99. The SMILES string of the molecule is C[C@@H](CN(C)C1CCN(C)CC1)c1ccccc1. The molecule has 0 unspecified atom stereocenters. The number of hydrogen-bond acceptors (Lipinski definition) is 2. The number of likely N-dealkylation sites (N-methyl/N-ethyl adjacent to an activating group) is 1. The van der Waals surface area contributed by atoms with Crippen molar-refractivity contribution in [2.24, 2.45) is 0 Å². The van der Waals surface area contributed by atoms with Crippen LogP contribution >= 0.6 is 0 Å². The first-order valence-corrected chi connectivity index (χ1v) is 7.10. The fraction of sp³-hybridized carbons (Fsp3) is 0.625. The van der Waals surface area contributed by atoms with Gasteiger partial charge in [-0.15, -0.1) is 0 Å². The molecule has 1 aromatic carbocycles. The zero-order valence-electron chi connectivity index (χ0n) is 12.0. The molecular weight excluding hydrogens is 220 g/mol. The van der Waals surface area contributed by atoms with E-state index in [1.54, 1.807) is 0 Å². The predicted molar refractivity (Wildman–Crippen MR) is 78.0 cm³/mol. The third-order valence-corrected chi connectivity index (χ3v) is 4.24. The van der Waals surface area contributed by atoms with Gasteiger partial charge in [-0.1, -0.05) is 37.3 Å². The summed E-state index contributed by atoms with van der Waals surface area (Å²) in [6, 6.07) is 11.6. The van der Waals surface area contributed by atoms with Gasteiger partial charge in [0, 0.05) is 12.6 Å². The van der Waals surface area contributed by atoms with Gasteiger partial charge >= 0.3 is 0 Å². The zero-order valence-corrected chi connectivity index (χ0v) is 12.0. The molecule has 1 fully saturated rings. The van der Waals surface area contributed by atoms with Crippen LogP contribution in [0.2, 0.25) is 0 Å². The van der Waals surface area contributed by atoms with Crippen molar-refractivity contribution in [1.82, 2.24) is 9.80 Å². The second-order valence-electron chi connectivity index (χ2n) is 5.79. The van der Waals surface area contributed by atoms with E-state index >= 15 is 0 Å². The van der Waals surface area contributed by atoms with Crippen LogP contribution in [0, 0.1) is 0 Å². The summed E-state index contributed by atoms with van der Waals surface area (Å²) in [6.07, 6.45) is 2.63. The number of piperidine rings is 1. The van der Waals surface area contributed by atoms with E-state index in [1.807, 2.05) is 0 Å². The van der Waals surface area contributed by atoms with Crippen molar-refractivity contribution in [3.63, 3.8) is 0 Å². The minimum Gasteiger partial charge on any atom is -0.306 e. The summed E-state index contributed by atoms with van der Waals surface area (Å²) >= 11 is 0. The highest BCUT2D eigenvalue weighted by molar-refractivity contribution is 5.19. The van der Waals surface area contributed by atoms with Crippen molar-refractivity contribution in [2.45, 2.75) is 31.7 Å². The van der Waals surface area contributed by atoms with Gasteiger partial charge in [0.2, 0.25) is 0 Å². The van der Waals surface area contributed by atoms with Crippen LogP contribution in [0.1, 0.15) is 31.2 Å². The number of rotatable bonds is 4. The van der Waals surface area contributed by atoms with E-state index in [0.717, 1.165) is 6.04 Å². The average Bonchev–Trinajstić information content (AvgIpc) is 2.40. The van der Waals surface area contributed by atoms with Crippen molar-refractivity contribution in [3.8, 4) is 0 Å². The molecule has 0 N–H and O–H groups in total. The summed E-state index contributed by atoms with van der Waals surface area (Å²) < 4.78 is 0. The first kappa shape index (κ1) is 13.6. The molecule has 100 valence electrons. The van der Waals surface area contributed by atoms with Crippen molar-refractivity contribution >= 4 is 0 Å². The highest BCUT2D eigenvalue weighted by atomic mass is 15.2. The maximum absolute atomic E-state index is 2.56. The van der Waals surface area contributed by atoms with Crippen LogP contribution < -0.4 is 0 Å². The highest BCUT2D eigenvalue weighted by Gasteiger charge is 2.21. The molecular formula is C16H26N2. The molecule has 0 amide bonds. The van der Waals surface area contributed by atoms with Crippen molar-refractivity contribution in [2.75, 3.05) is 33.7 Å². The second-order valence-corrected chi connectivity index (χ2v) is 5.79. The van der Waals surface area contributed by atoms with Gasteiger partial charge in [-0.05, 0) is 51.5 Å². The van der Waals surface area contributed by atoms with Crippen LogP contribution in [0.4, 0.5) is 0 Å². The molecule has 1 saturated heterocycles. The Morgan fingerprint density at radius 2 is 1.83 bits per heavy atom. The molecule has 0 saturated carbocycles. The average molecular weight is 246 g/mol. The van der Waals surface area contributed by atoms with E-state index in [4.69, 9.17) is 0 Å². The third-order valence-electron chi connectivity index (χ3n) is 4.24. The lowest BCUT2D eigenvalue weighted by Gasteiger charge is -2.36. The van der Waals surface area contributed by atoms with Gasteiger partial charge in [0.05, 0.1) is 0 Å². The monoisotopic (exact) mass is 246 g/mol. The number of nitrogens with zero attached hydrogens (tertiary/aromatic N) is 2. The van der Waals surface area contributed by atoms with Gasteiger partial charge in [-0.25, -0.2) is 0 Å². The van der Waals surface area contributed by atoms with Gasteiger partial charge in [0.25, 0.3) is 0 Å². The number of likely N-dealkylation sites (tertiary alicyclic amines) is 1. The van der Waals surface area contributed by atoms with Crippen LogP contribution in [-0.4, -0.2) is 49.6 Å². The van der Waals surface area contributed by atoms with E-state index in [-0.39, 0.29) is 0 Å². The Morgan fingerprint density at radius 1 is 1.22 bits per heavy atom. The summed E-state index contributed by atoms with van der Waals surface area (Å²) in [7, 11) is 4.51. The van der Waals surface area contributed by atoms with E-state index < -0.39 is 0 Å². The Morgan fingerprint density at radius 3 is 2.44 bits per heavy atom. The maximum Gasteiger partial charge on any atom is 0.0117 e. The van der Waals surface area contributed by atoms with Crippen molar-refractivity contribution < 1.29 is 0 Å². The van der Waals surface area contributed by atoms with Gasteiger partial charge in [0.15, 0.2) is 0 Å². The van der Waals surface area contributed by atoms with Crippen LogP contribution in [0.25, 0.3) is 0 Å². The second kappa shape index (κ2) is 6.35. The summed E-state index contributed by atoms with van der Waals surface area (Å²) in [5.41, 5.74) is 1.46. The fourth-order valence-electron chi connectivity index (χ4n) is 2.90. The lowest BCUT2D eigenvalue weighted by Crippen LogP contribution is -2.43. The van der Waals surface area contributed by atoms with E-state index in [1.165, 1.54) is 38.0 Å². The summed E-state index contributed by atoms with van der Waals surface area (Å²) in [5, 5.41) is 0. The topological polar surface area (TPSA) is 6.48 Å². The van der Waals surface area contributed by atoms with Gasteiger partial charge in [0.1, 0.15) is 0 Å². The Bertz CT molecular complexity index is 341. The van der Waals surface area contributed by atoms with Gasteiger partial charge in [-0.2, -0.15) is 0 Å². The molecule has 2 heteroatoms. The third kappa shape index (κ3) is 3.56. The number of benzene rings is 1. The minimum absolute atomic E-state index is 0.621. The lowest BCUT2D eigenvalue weighted by molar-refractivity contribution is 0.140. The van der Waals surface area contributed by atoms with E-state index in [9.17, 15) is 0 Å². The zero-order chi connectivity index (χ0) is 13.0. The van der Waals surface area contributed by atoms with Crippen LogP contribution in [0.15, 0.2) is 30.3 Å². The molecule has 0 bridgehead atoms. The molecule has 0 spiro atoms. The lowest BCUT2D eigenvalue weighted by atomic mass is 9.98. The van der Waals surface area contributed by atoms with E-state index in [2.05, 4.69) is 61.2 Å².